The molecule has 1 saturated heterocycles. The van der Waals surface area contributed by atoms with Crippen LogP contribution in [-0.4, -0.2) is 47.3 Å². The molecule has 1 aliphatic carbocycles. The molecule has 0 unspecified atom stereocenters. The maximum absolute atomic E-state index is 12.9. The van der Waals surface area contributed by atoms with E-state index in [1.165, 1.54) is 6.42 Å². The lowest BCUT2D eigenvalue weighted by Gasteiger charge is -2.32. The van der Waals surface area contributed by atoms with Crippen LogP contribution in [0.15, 0.2) is 24.3 Å². The van der Waals surface area contributed by atoms with Crippen LogP contribution in [0, 0.1) is 6.92 Å². The Bertz CT molecular complexity index is 710. The zero-order chi connectivity index (χ0) is 18.9. The van der Waals surface area contributed by atoms with Gasteiger partial charge in [0.15, 0.2) is 0 Å². The molecule has 0 bridgehead atoms. The van der Waals surface area contributed by atoms with E-state index in [1.54, 1.807) is 18.9 Å². The third-order valence-electron chi connectivity index (χ3n) is 5.71. The fraction of sp³-hybridized carbons (Fsp3) is 0.550. The smallest absolute Gasteiger partial charge is 0.325 e. The predicted octanol–water partition coefficient (Wildman–Crippen LogP) is 2.55. The van der Waals surface area contributed by atoms with Crippen molar-refractivity contribution >= 4 is 17.8 Å². The van der Waals surface area contributed by atoms with Gasteiger partial charge in [-0.1, -0.05) is 49.1 Å². The van der Waals surface area contributed by atoms with Crippen molar-refractivity contribution in [3.8, 4) is 0 Å². The number of nitrogens with one attached hydrogen (secondary N) is 1. The summed E-state index contributed by atoms with van der Waals surface area (Å²) in [7, 11) is 1.77. The average Bonchev–Trinajstić information content (AvgIpc) is 2.86. The fourth-order valence-corrected chi connectivity index (χ4v) is 3.84. The minimum Gasteiger partial charge on any atom is -0.341 e. The highest BCUT2D eigenvalue weighted by Crippen LogP contribution is 2.29. The molecule has 1 heterocycles. The van der Waals surface area contributed by atoms with E-state index in [9.17, 15) is 14.4 Å². The zero-order valence-corrected chi connectivity index (χ0v) is 15.7. The molecular weight excluding hydrogens is 330 g/mol. The van der Waals surface area contributed by atoms with E-state index in [0.717, 1.165) is 41.7 Å². The van der Waals surface area contributed by atoms with Crippen LogP contribution >= 0.6 is 0 Å². The highest BCUT2D eigenvalue weighted by molar-refractivity contribution is 6.09. The first-order valence-electron chi connectivity index (χ1n) is 9.30. The second-order valence-corrected chi connectivity index (χ2v) is 7.61. The Hall–Kier alpha value is -2.37. The number of hydrogen-bond donors (Lipinski definition) is 1. The van der Waals surface area contributed by atoms with Gasteiger partial charge in [0.1, 0.15) is 12.1 Å². The second-order valence-electron chi connectivity index (χ2n) is 7.61. The number of benzene rings is 1. The normalized spacial score (nSPS) is 23.9. The number of urea groups is 1. The van der Waals surface area contributed by atoms with Gasteiger partial charge in [-0.2, -0.15) is 0 Å². The molecule has 1 aliphatic heterocycles. The Morgan fingerprint density at radius 2 is 1.81 bits per heavy atom. The Morgan fingerprint density at radius 1 is 1.19 bits per heavy atom. The zero-order valence-electron chi connectivity index (χ0n) is 15.7. The first kappa shape index (κ1) is 18.4. The Balaban J connectivity index is 1.72. The molecule has 0 spiro atoms. The van der Waals surface area contributed by atoms with E-state index in [-0.39, 0.29) is 24.4 Å². The van der Waals surface area contributed by atoms with Crippen molar-refractivity contribution in [2.45, 2.75) is 57.5 Å². The van der Waals surface area contributed by atoms with E-state index < -0.39 is 11.6 Å². The highest BCUT2D eigenvalue weighted by atomic mass is 16.2. The molecule has 3 rings (SSSR count). The van der Waals surface area contributed by atoms with E-state index in [1.807, 2.05) is 31.2 Å². The average molecular weight is 357 g/mol. The summed E-state index contributed by atoms with van der Waals surface area (Å²) in [4.78, 5) is 40.7. The van der Waals surface area contributed by atoms with Gasteiger partial charge in [-0.3, -0.25) is 14.5 Å². The number of imide groups is 1. The van der Waals surface area contributed by atoms with Gasteiger partial charge in [-0.05, 0) is 32.3 Å². The molecule has 26 heavy (non-hydrogen) atoms. The summed E-state index contributed by atoms with van der Waals surface area (Å²) in [5.41, 5.74) is 0.668. The molecule has 4 amide bonds. The Kier molecular flexibility index (Phi) is 5.03. The van der Waals surface area contributed by atoms with Crippen LogP contribution in [0.1, 0.15) is 50.2 Å². The van der Waals surface area contributed by atoms with E-state index in [2.05, 4.69) is 5.32 Å². The van der Waals surface area contributed by atoms with E-state index >= 15 is 0 Å². The van der Waals surface area contributed by atoms with Crippen molar-refractivity contribution in [2.75, 3.05) is 13.6 Å². The quantitative estimate of drug-likeness (QED) is 0.842. The molecule has 0 radical (unpaired) electrons. The minimum absolute atomic E-state index is 0.187. The maximum Gasteiger partial charge on any atom is 0.325 e. The monoisotopic (exact) mass is 357 g/mol. The summed E-state index contributed by atoms with van der Waals surface area (Å²) < 4.78 is 0. The Labute approximate surface area is 154 Å². The summed E-state index contributed by atoms with van der Waals surface area (Å²) in [6.45, 7) is 3.44. The summed E-state index contributed by atoms with van der Waals surface area (Å²) in [5.74, 6) is -0.565. The van der Waals surface area contributed by atoms with Gasteiger partial charge in [0, 0.05) is 13.1 Å². The number of hydrogen-bond acceptors (Lipinski definition) is 3. The summed E-state index contributed by atoms with van der Waals surface area (Å²) in [6.07, 6.45) is 5.43. The lowest BCUT2D eigenvalue weighted by Crippen LogP contribution is -2.46. The van der Waals surface area contributed by atoms with Crippen molar-refractivity contribution in [1.82, 2.24) is 15.1 Å². The van der Waals surface area contributed by atoms with Gasteiger partial charge >= 0.3 is 6.03 Å². The van der Waals surface area contributed by atoms with E-state index in [4.69, 9.17) is 0 Å². The minimum atomic E-state index is -1.13. The number of carbonyl (C=O) groups excluding carboxylic acids is 3. The van der Waals surface area contributed by atoms with Crippen LogP contribution in [0.25, 0.3) is 0 Å². The van der Waals surface area contributed by atoms with Crippen LogP contribution in [0.4, 0.5) is 4.79 Å². The third-order valence-corrected chi connectivity index (χ3v) is 5.71. The largest absolute Gasteiger partial charge is 0.341 e. The number of carbonyl (C=O) groups is 3. The van der Waals surface area contributed by atoms with Gasteiger partial charge in [0.05, 0.1) is 0 Å². The van der Waals surface area contributed by atoms with Crippen molar-refractivity contribution in [2.24, 2.45) is 0 Å². The summed E-state index contributed by atoms with van der Waals surface area (Å²) in [6, 6.07) is 7.19. The van der Waals surface area contributed by atoms with Gasteiger partial charge in [0.25, 0.3) is 5.91 Å². The van der Waals surface area contributed by atoms with Crippen LogP contribution in [0.3, 0.4) is 0 Å². The van der Waals surface area contributed by atoms with Gasteiger partial charge in [0.2, 0.25) is 5.91 Å². The van der Waals surface area contributed by atoms with Crippen LogP contribution in [0.2, 0.25) is 0 Å². The van der Waals surface area contributed by atoms with Crippen molar-refractivity contribution in [3.05, 3.63) is 35.4 Å². The van der Waals surface area contributed by atoms with Crippen LogP contribution in [0.5, 0.6) is 0 Å². The fourth-order valence-electron chi connectivity index (χ4n) is 3.84. The van der Waals surface area contributed by atoms with Gasteiger partial charge < -0.3 is 10.2 Å². The van der Waals surface area contributed by atoms with E-state index in [0.29, 0.717) is 0 Å². The molecule has 0 aromatic heterocycles. The van der Waals surface area contributed by atoms with Crippen molar-refractivity contribution in [3.63, 3.8) is 0 Å². The van der Waals surface area contributed by atoms with Crippen molar-refractivity contribution < 1.29 is 14.4 Å². The Morgan fingerprint density at radius 3 is 2.42 bits per heavy atom. The molecule has 140 valence electrons. The number of amides is 4. The SMILES string of the molecule is Cc1ccc([C@]2(C)NC(=O)N(CC(=O)N(C)C3CCCCC3)C2=O)cc1. The lowest BCUT2D eigenvalue weighted by atomic mass is 9.91. The van der Waals surface area contributed by atoms with Gasteiger partial charge in [-0.15, -0.1) is 0 Å². The number of rotatable bonds is 4. The molecule has 2 fully saturated rings. The molecular formula is C20H27N3O3. The standard InChI is InChI=1S/C20H27N3O3/c1-14-9-11-15(12-10-14)20(2)18(25)23(19(26)21-20)13-17(24)22(3)16-7-5-4-6-8-16/h9-12,16H,4-8,13H2,1-3H3,(H,21,26)/t20-/m0/s1. The maximum atomic E-state index is 12.9. The summed E-state index contributed by atoms with van der Waals surface area (Å²) in [5, 5.41) is 2.76. The molecule has 1 aromatic rings. The molecule has 1 atom stereocenters. The number of nitrogens with zero attached hydrogens (tertiary/aromatic N) is 2. The number of likely N-dealkylation sites (N-methyl/N-ethyl adjacent to an activating group) is 1. The third kappa shape index (κ3) is 3.32. The lowest BCUT2D eigenvalue weighted by molar-refractivity contribution is -0.139. The van der Waals surface area contributed by atoms with Crippen LogP contribution in [-0.2, 0) is 15.1 Å². The highest BCUT2D eigenvalue weighted by Gasteiger charge is 2.49. The molecule has 6 heteroatoms. The first-order valence-corrected chi connectivity index (χ1v) is 9.30. The molecule has 2 aliphatic rings. The molecule has 1 saturated carbocycles. The molecule has 6 nitrogen and oxygen atoms in total. The first-order chi connectivity index (χ1) is 12.3. The van der Waals surface area contributed by atoms with Gasteiger partial charge in [-0.25, -0.2) is 4.79 Å². The topological polar surface area (TPSA) is 69.7 Å². The molecule has 1 N–H and O–H groups in total. The van der Waals surface area contributed by atoms with Crippen molar-refractivity contribution in [1.29, 1.82) is 0 Å². The molecule has 1 aromatic carbocycles. The predicted molar refractivity (Wildman–Crippen MR) is 98.4 cm³/mol. The second kappa shape index (κ2) is 7.09. The number of aryl methyl sites for hydroxylation is 1. The summed E-state index contributed by atoms with van der Waals surface area (Å²) >= 11 is 0. The van der Waals surface area contributed by atoms with Crippen LogP contribution < -0.4 is 5.32 Å².